The standard InChI is InChI=1S/C20H19N3O2/c1-24-18-8-7-14(11-19(18)25-2)9-10-22-20-15(12-21)13-23-17-6-4-3-5-16(17)20/h3-8,11,13H,9-10H2,1-2H3,(H,22,23). The van der Waals surface area contributed by atoms with Gasteiger partial charge in [0.1, 0.15) is 6.07 Å². The molecule has 2 aromatic carbocycles. The molecule has 0 saturated carbocycles. The predicted octanol–water partition coefficient (Wildman–Crippen LogP) is 3.78. The van der Waals surface area contributed by atoms with Crippen LogP contribution in [0.4, 0.5) is 5.69 Å². The van der Waals surface area contributed by atoms with Crippen LogP contribution in [0.1, 0.15) is 11.1 Å². The number of nitriles is 1. The van der Waals surface area contributed by atoms with Gasteiger partial charge in [-0.05, 0) is 30.2 Å². The quantitative estimate of drug-likeness (QED) is 0.743. The van der Waals surface area contributed by atoms with Gasteiger partial charge in [-0.3, -0.25) is 4.98 Å². The molecule has 0 aliphatic carbocycles. The number of aromatic nitrogens is 1. The molecular formula is C20H19N3O2. The third-order valence-corrected chi connectivity index (χ3v) is 4.06. The van der Waals surface area contributed by atoms with Crippen molar-refractivity contribution < 1.29 is 9.47 Å². The summed E-state index contributed by atoms with van der Waals surface area (Å²) in [7, 11) is 3.25. The van der Waals surface area contributed by atoms with Crippen molar-refractivity contribution in [1.82, 2.24) is 4.98 Å². The third kappa shape index (κ3) is 3.48. The minimum atomic E-state index is 0.547. The number of methoxy groups -OCH3 is 2. The number of hydrogen-bond acceptors (Lipinski definition) is 5. The van der Waals surface area contributed by atoms with Crippen LogP contribution in [-0.4, -0.2) is 25.7 Å². The van der Waals surface area contributed by atoms with Crippen molar-refractivity contribution in [2.75, 3.05) is 26.1 Å². The number of nitrogens with zero attached hydrogens (tertiary/aromatic N) is 2. The van der Waals surface area contributed by atoms with Crippen LogP contribution in [-0.2, 0) is 6.42 Å². The van der Waals surface area contributed by atoms with E-state index in [1.807, 2.05) is 42.5 Å². The van der Waals surface area contributed by atoms with Crippen molar-refractivity contribution >= 4 is 16.6 Å². The van der Waals surface area contributed by atoms with E-state index < -0.39 is 0 Å². The molecule has 0 bridgehead atoms. The molecule has 25 heavy (non-hydrogen) atoms. The summed E-state index contributed by atoms with van der Waals surface area (Å²) in [5.41, 5.74) is 3.37. The summed E-state index contributed by atoms with van der Waals surface area (Å²) >= 11 is 0. The van der Waals surface area contributed by atoms with E-state index in [2.05, 4.69) is 16.4 Å². The first-order chi connectivity index (χ1) is 12.3. The Morgan fingerprint density at radius 2 is 1.88 bits per heavy atom. The minimum absolute atomic E-state index is 0.547. The van der Waals surface area contributed by atoms with Crippen molar-refractivity contribution in [3.05, 3.63) is 59.8 Å². The maximum absolute atomic E-state index is 9.36. The smallest absolute Gasteiger partial charge is 0.160 e. The van der Waals surface area contributed by atoms with Crippen molar-refractivity contribution in [2.45, 2.75) is 6.42 Å². The van der Waals surface area contributed by atoms with E-state index in [-0.39, 0.29) is 0 Å². The molecule has 5 nitrogen and oxygen atoms in total. The number of rotatable bonds is 6. The van der Waals surface area contributed by atoms with Gasteiger partial charge in [-0.15, -0.1) is 0 Å². The lowest BCUT2D eigenvalue weighted by Gasteiger charge is -2.12. The van der Waals surface area contributed by atoms with Crippen LogP contribution in [0.15, 0.2) is 48.7 Å². The zero-order chi connectivity index (χ0) is 17.6. The molecule has 0 amide bonds. The van der Waals surface area contributed by atoms with Gasteiger partial charge in [-0.2, -0.15) is 5.26 Å². The summed E-state index contributed by atoms with van der Waals surface area (Å²) in [6.45, 7) is 0.693. The Hall–Kier alpha value is -3.26. The van der Waals surface area contributed by atoms with Crippen LogP contribution >= 0.6 is 0 Å². The van der Waals surface area contributed by atoms with E-state index >= 15 is 0 Å². The predicted molar refractivity (Wildman–Crippen MR) is 98.2 cm³/mol. The Bertz CT molecular complexity index is 932. The molecule has 0 aliphatic rings. The number of para-hydroxylation sites is 1. The van der Waals surface area contributed by atoms with Crippen molar-refractivity contribution in [1.29, 1.82) is 5.26 Å². The SMILES string of the molecule is COc1ccc(CCNc2c(C#N)cnc3ccccc23)cc1OC. The van der Waals surface area contributed by atoms with Crippen LogP contribution in [0, 0.1) is 11.3 Å². The number of ether oxygens (including phenoxy) is 2. The number of fused-ring (bicyclic) bond motifs is 1. The maximum Gasteiger partial charge on any atom is 0.160 e. The monoisotopic (exact) mass is 333 g/mol. The van der Waals surface area contributed by atoms with Crippen LogP contribution in [0.2, 0.25) is 0 Å². The van der Waals surface area contributed by atoms with Crippen LogP contribution in [0.3, 0.4) is 0 Å². The number of nitrogens with one attached hydrogen (secondary N) is 1. The van der Waals surface area contributed by atoms with E-state index in [1.54, 1.807) is 20.4 Å². The van der Waals surface area contributed by atoms with E-state index in [0.29, 0.717) is 23.6 Å². The topological polar surface area (TPSA) is 67.2 Å². The minimum Gasteiger partial charge on any atom is -0.493 e. The Morgan fingerprint density at radius 1 is 1.08 bits per heavy atom. The molecule has 0 fully saturated rings. The van der Waals surface area contributed by atoms with Gasteiger partial charge in [0, 0.05) is 18.1 Å². The summed E-state index contributed by atoms with van der Waals surface area (Å²) in [6, 6.07) is 15.9. The van der Waals surface area contributed by atoms with Gasteiger partial charge < -0.3 is 14.8 Å². The van der Waals surface area contributed by atoms with Gasteiger partial charge in [0.15, 0.2) is 11.5 Å². The van der Waals surface area contributed by atoms with Crippen LogP contribution in [0.5, 0.6) is 11.5 Å². The van der Waals surface area contributed by atoms with Gasteiger partial charge >= 0.3 is 0 Å². The Balaban J connectivity index is 1.79. The summed E-state index contributed by atoms with van der Waals surface area (Å²) in [5, 5.41) is 13.7. The van der Waals surface area contributed by atoms with E-state index in [4.69, 9.17) is 9.47 Å². The molecule has 0 unspecified atom stereocenters. The van der Waals surface area contributed by atoms with Crippen molar-refractivity contribution in [3.63, 3.8) is 0 Å². The fraction of sp³-hybridized carbons (Fsp3) is 0.200. The highest BCUT2D eigenvalue weighted by atomic mass is 16.5. The van der Waals surface area contributed by atoms with Gasteiger partial charge in [0.2, 0.25) is 0 Å². The number of anilines is 1. The molecule has 1 aromatic heterocycles. The number of pyridine rings is 1. The summed E-state index contributed by atoms with van der Waals surface area (Å²) < 4.78 is 10.6. The third-order valence-electron chi connectivity index (χ3n) is 4.06. The molecular weight excluding hydrogens is 314 g/mol. The first kappa shape index (κ1) is 16.6. The zero-order valence-electron chi connectivity index (χ0n) is 14.2. The highest BCUT2D eigenvalue weighted by Gasteiger charge is 2.09. The summed E-state index contributed by atoms with van der Waals surface area (Å²) in [5.74, 6) is 1.43. The van der Waals surface area contributed by atoms with Gasteiger partial charge in [0.25, 0.3) is 0 Å². The molecule has 3 aromatic rings. The zero-order valence-corrected chi connectivity index (χ0v) is 14.2. The lowest BCUT2D eigenvalue weighted by molar-refractivity contribution is 0.354. The average Bonchev–Trinajstić information content (AvgIpc) is 2.67. The normalized spacial score (nSPS) is 10.3. The second-order valence-corrected chi connectivity index (χ2v) is 5.54. The first-order valence-corrected chi connectivity index (χ1v) is 7.99. The number of benzene rings is 2. The molecule has 3 rings (SSSR count). The Kier molecular flexibility index (Phi) is 5.00. The fourth-order valence-corrected chi connectivity index (χ4v) is 2.78. The highest BCUT2D eigenvalue weighted by Crippen LogP contribution is 2.28. The molecule has 126 valence electrons. The first-order valence-electron chi connectivity index (χ1n) is 7.99. The lowest BCUT2D eigenvalue weighted by Crippen LogP contribution is -2.07. The molecule has 0 spiro atoms. The summed E-state index contributed by atoms with van der Waals surface area (Å²) in [6.07, 6.45) is 2.41. The van der Waals surface area contributed by atoms with Crippen molar-refractivity contribution in [2.24, 2.45) is 0 Å². The fourth-order valence-electron chi connectivity index (χ4n) is 2.78. The lowest BCUT2D eigenvalue weighted by atomic mass is 10.1. The average molecular weight is 333 g/mol. The second-order valence-electron chi connectivity index (χ2n) is 5.54. The van der Waals surface area contributed by atoms with Crippen molar-refractivity contribution in [3.8, 4) is 17.6 Å². The van der Waals surface area contributed by atoms with Gasteiger partial charge in [-0.25, -0.2) is 0 Å². The molecule has 0 saturated heterocycles. The van der Waals surface area contributed by atoms with E-state index in [9.17, 15) is 5.26 Å². The van der Waals surface area contributed by atoms with Crippen LogP contribution < -0.4 is 14.8 Å². The molecule has 1 heterocycles. The van der Waals surface area contributed by atoms with E-state index in [0.717, 1.165) is 28.6 Å². The van der Waals surface area contributed by atoms with Gasteiger partial charge in [0.05, 0.1) is 31.0 Å². The molecule has 5 heteroatoms. The maximum atomic E-state index is 9.36. The largest absolute Gasteiger partial charge is 0.493 e. The van der Waals surface area contributed by atoms with Crippen LogP contribution in [0.25, 0.3) is 10.9 Å². The molecule has 0 atom stereocenters. The molecule has 1 N–H and O–H groups in total. The Labute approximate surface area is 146 Å². The number of hydrogen-bond donors (Lipinski definition) is 1. The highest BCUT2D eigenvalue weighted by molar-refractivity contribution is 5.93. The molecule has 0 radical (unpaired) electrons. The summed E-state index contributed by atoms with van der Waals surface area (Å²) in [4.78, 5) is 4.33. The second kappa shape index (κ2) is 7.54. The Morgan fingerprint density at radius 3 is 2.64 bits per heavy atom. The molecule has 0 aliphatic heterocycles. The van der Waals surface area contributed by atoms with E-state index in [1.165, 1.54) is 0 Å². The van der Waals surface area contributed by atoms with Gasteiger partial charge in [-0.1, -0.05) is 24.3 Å².